The second-order valence-corrected chi connectivity index (χ2v) is 18.9. The number of benzene rings is 2. The number of amides is 4. The van der Waals surface area contributed by atoms with Gasteiger partial charge in [0.1, 0.15) is 25.4 Å². The number of aliphatic carboxylic acids is 2. The summed E-state index contributed by atoms with van der Waals surface area (Å²) in [7, 11) is 3.74. The highest BCUT2D eigenvalue weighted by molar-refractivity contribution is 5.87. The van der Waals surface area contributed by atoms with Gasteiger partial charge in [0.25, 0.3) is 0 Å². The van der Waals surface area contributed by atoms with Gasteiger partial charge in [0.05, 0.1) is 25.2 Å². The highest BCUT2D eigenvalue weighted by Crippen LogP contribution is 2.34. The van der Waals surface area contributed by atoms with Gasteiger partial charge in [-0.15, -0.1) is 0 Å². The van der Waals surface area contributed by atoms with Crippen LogP contribution in [-0.4, -0.2) is 170 Å². The molecule has 376 valence electrons. The predicted octanol–water partition coefficient (Wildman–Crippen LogP) is 2.01. The van der Waals surface area contributed by atoms with Gasteiger partial charge in [0, 0.05) is 77.5 Å². The summed E-state index contributed by atoms with van der Waals surface area (Å²) in [4.78, 5) is 50.8. The van der Waals surface area contributed by atoms with Crippen LogP contribution in [0, 0.1) is 11.8 Å². The number of hydrogen-bond donors (Lipinski definition) is 4. The molecule has 2 saturated heterocycles. The lowest BCUT2D eigenvalue weighted by molar-refractivity contribution is -0.301. The van der Waals surface area contributed by atoms with Crippen molar-refractivity contribution >= 4 is 24.0 Å². The molecule has 0 aromatic heterocycles. The monoisotopic (exact) mass is 949 g/mol. The van der Waals surface area contributed by atoms with Crippen LogP contribution in [0.3, 0.4) is 0 Å². The Labute approximate surface area is 400 Å². The number of likely N-dealkylation sites (N-methyl/N-ethyl adjacent to an activating group) is 2. The van der Waals surface area contributed by atoms with Gasteiger partial charge in [-0.3, -0.25) is 0 Å². The van der Waals surface area contributed by atoms with Crippen LogP contribution in [0.25, 0.3) is 0 Å². The zero-order valence-electron chi connectivity index (χ0n) is 39.7. The summed E-state index contributed by atoms with van der Waals surface area (Å²) in [5.41, 5.74) is 0. The molecule has 2 unspecified atom stereocenters. The maximum absolute atomic E-state index is 12.2. The van der Waals surface area contributed by atoms with Gasteiger partial charge in [-0.05, 0) is 125 Å². The number of aliphatic hydroxyl groups excluding tert-OH is 2. The quantitative estimate of drug-likeness (QED) is 0.124. The zero-order chi connectivity index (χ0) is 48.4. The maximum atomic E-state index is 12.2. The van der Waals surface area contributed by atoms with Crippen molar-refractivity contribution in [1.82, 2.24) is 30.2 Å². The molecule has 4 amide bonds. The number of carboxylic acid groups (broad SMARTS) is 2. The van der Waals surface area contributed by atoms with Crippen molar-refractivity contribution in [1.29, 1.82) is 0 Å². The molecule has 18 heteroatoms. The second-order valence-electron chi connectivity index (χ2n) is 18.9. The Bertz CT molecular complexity index is 1800. The summed E-state index contributed by atoms with van der Waals surface area (Å²) in [6, 6.07) is 17.2. The first kappa shape index (κ1) is 52.1. The third kappa shape index (κ3) is 17.3. The number of hydrogen-bond acceptors (Lipinski definition) is 14. The van der Waals surface area contributed by atoms with Crippen LogP contribution >= 0.6 is 0 Å². The lowest BCUT2D eigenvalue weighted by Gasteiger charge is -2.34. The first-order valence-electron chi connectivity index (χ1n) is 24.5. The summed E-state index contributed by atoms with van der Waals surface area (Å²) in [6.45, 7) is 6.33. The van der Waals surface area contributed by atoms with Crippen LogP contribution in [0.1, 0.15) is 77.0 Å². The van der Waals surface area contributed by atoms with E-state index in [1.54, 1.807) is 9.80 Å². The van der Waals surface area contributed by atoms with Crippen molar-refractivity contribution in [3.63, 3.8) is 0 Å². The zero-order valence-corrected chi connectivity index (χ0v) is 39.7. The Balaban J connectivity index is 0.000000193. The van der Waals surface area contributed by atoms with E-state index in [1.165, 1.54) is 25.7 Å². The number of urea groups is 2. The Morgan fingerprint density at radius 3 is 1.21 bits per heavy atom. The molecule has 0 radical (unpaired) electrons. The van der Waals surface area contributed by atoms with E-state index in [-0.39, 0.29) is 25.3 Å². The van der Waals surface area contributed by atoms with Crippen LogP contribution in [0.2, 0.25) is 0 Å². The van der Waals surface area contributed by atoms with Crippen molar-refractivity contribution in [3.05, 3.63) is 60.7 Å². The fourth-order valence-electron chi connectivity index (χ4n) is 8.79. The maximum Gasteiger partial charge on any atom is 0.320 e. The summed E-state index contributed by atoms with van der Waals surface area (Å²) >= 11 is 0. The molecule has 18 nitrogen and oxygen atoms in total. The molecule has 2 aromatic rings. The predicted molar refractivity (Wildman–Crippen MR) is 249 cm³/mol. The van der Waals surface area contributed by atoms with E-state index in [2.05, 4.69) is 10.6 Å². The summed E-state index contributed by atoms with van der Waals surface area (Å²) in [5.74, 6) is 1.18. The van der Waals surface area contributed by atoms with E-state index in [9.17, 15) is 39.6 Å². The van der Waals surface area contributed by atoms with E-state index in [0.717, 1.165) is 102 Å². The van der Waals surface area contributed by atoms with Gasteiger partial charge < -0.3 is 79.2 Å². The SMILES string of the molecule is CN1CCN(C2CCC(NCC(O)COc3ccccc3OCC3CC3)CC2)C1=O.CN1CCN(C2CCC(NCC(O)COc3ccccc3OCC3CC3)CC2)C1=O.O=C([O-])/C=C/C(=O)[O-]. The fourth-order valence-corrected chi connectivity index (χ4v) is 8.79. The van der Waals surface area contributed by atoms with Crippen LogP contribution in [-0.2, 0) is 9.59 Å². The number of nitrogens with zero attached hydrogens (tertiary/aromatic N) is 4. The topological polar surface area (TPSA) is 229 Å². The lowest BCUT2D eigenvalue weighted by Crippen LogP contribution is -2.45. The van der Waals surface area contributed by atoms with Crippen molar-refractivity contribution in [2.45, 2.75) is 113 Å². The Hall–Kier alpha value is -5.30. The molecule has 4 N–H and O–H groups in total. The lowest BCUT2D eigenvalue weighted by atomic mass is 9.90. The van der Waals surface area contributed by atoms with Crippen molar-refractivity contribution < 1.29 is 58.6 Å². The fraction of sp³-hybridized carbons (Fsp3) is 0.640. The van der Waals surface area contributed by atoms with E-state index >= 15 is 0 Å². The van der Waals surface area contributed by atoms with Gasteiger partial charge in [0.15, 0.2) is 23.0 Å². The van der Waals surface area contributed by atoms with Gasteiger partial charge in [0.2, 0.25) is 0 Å². The molecule has 2 aromatic carbocycles. The Morgan fingerprint density at radius 2 is 0.912 bits per heavy atom. The number of para-hydroxylation sites is 4. The third-order valence-corrected chi connectivity index (χ3v) is 13.3. The van der Waals surface area contributed by atoms with E-state index in [1.807, 2.05) is 72.4 Å². The Morgan fingerprint density at radius 1 is 0.574 bits per heavy atom. The van der Waals surface area contributed by atoms with Gasteiger partial charge in [-0.2, -0.15) is 0 Å². The van der Waals surface area contributed by atoms with Crippen LogP contribution < -0.4 is 39.8 Å². The van der Waals surface area contributed by atoms with E-state index in [0.29, 0.717) is 72.7 Å². The second kappa shape index (κ2) is 26.5. The third-order valence-electron chi connectivity index (χ3n) is 13.3. The highest BCUT2D eigenvalue weighted by atomic mass is 16.5. The van der Waals surface area contributed by atoms with Crippen molar-refractivity contribution in [2.75, 3.05) is 79.8 Å². The van der Waals surface area contributed by atoms with E-state index in [4.69, 9.17) is 18.9 Å². The number of carbonyl (C=O) groups is 4. The average molecular weight is 949 g/mol. The summed E-state index contributed by atoms with van der Waals surface area (Å²) in [5, 5.41) is 46.5. The molecular weight excluding hydrogens is 877 g/mol. The van der Waals surface area contributed by atoms with Gasteiger partial charge in [-0.25, -0.2) is 9.59 Å². The van der Waals surface area contributed by atoms with Crippen LogP contribution in [0.5, 0.6) is 23.0 Å². The minimum absolute atomic E-state index is 0.167. The smallest absolute Gasteiger partial charge is 0.320 e. The number of ether oxygens (including phenoxy) is 4. The molecule has 4 saturated carbocycles. The number of rotatable bonds is 22. The average Bonchev–Trinajstić information content (AvgIpc) is 4.29. The Kier molecular flexibility index (Phi) is 20.3. The normalized spacial score (nSPS) is 23.6. The molecule has 68 heavy (non-hydrogen) atoms. The molecular formula is C50H72N6O12-2. The van der Waals surface area contributed by atoms with Crippen molar-refractivity contribution in [2.24, 2.45) is 11.8 Å². The number of carboxylic acids is 2. The molecule has 6 fully saturated rings. The summed E-state index contributed by atoms with van der Waals surface area (Å²) < 4.78 is 23.4. The molecule has 2 aliphatic heterocycles. The number of aliphatic hydroxyl groups is 2. The summed E-state index contributed by atoms with van der Waals surface area (Å²) in [6.07, 6.45) is 12.8. The number of nitrogens with one attached hydrogen (secondary N) is 2. The molecule has 2 atom stereocenters. The largest absolute Gasteiger partial charge is 0.545 e. The first-order valence-corrected chi connectivity index (χ1v) is 24.5. The highest BCUT2D eigenvalue weighted by Gasteiger charge is 2.35. The molecule has 6 aliphatic rings. The van der Waals surface area contributed by atoms with Crippen molar-refractivity contribution in [3.8, 4) is 23.0 Å². The minimum Gasteiger partial charge on any atom is -0.545 e. The first-order chi connectivity index (χ1) is 32.8. The molecule has 0 bridgehead atoms. The van der Waals surface area contributed by atoms with Crippen LogP contribution in [0.15, 0.2) is 60.7 Å². The molecule has 8 rings (SSSR count). The molecule has 2 heterocycles. The minimum atomic E-state index is -1.55. The van der Waals surface area contributed by atoms with Gasteiger partial charge in [-0.1, -0.05) is 24.3 Å². The van der Waals surface area contributed by atoms with E-state index < -0.39 is 24.1 Å². The molecule has 0 spiro atoms. The van der Waals surface area contributed by atoms with Crippen LogP contribution in [0.4, 0.5) is 9.59 Å². The standard InChI is InChI=1S/2C23H35N3O4.C4H4O4/c2*1-25-12-13-26(23(25)28)19-10-8-18(9-11-19)24-14-20(27)16-30-22-5-3-2-4-21(22)29-15-17-6-7-17;5-3(6)1-2-4(7)8/h2*2-5,17-20,24,27H,6-16H2,1H3;1-2H,(H,5,6)(H,7,8)/p-2/b;;2-1+. The number of carbonyl (C=O) groups excluding carboxylic acids is 4. The molecule has 4 aliphatic carbocycles. The van der Waals surface area contributed by atoms with Gasteiger partial charge >= 0.3 is 12.1 Å².